The van der Waals surface area contributed by atoms with E-state index < -0.39 is 0 Å². The number of hydrogen-bond acceptors (Lipinski definition) is 6. The van der Waals surface area contributed by atoms with Gasteiger partial charge in [-0.25, -0.2) is 0 Å². The van der Waals surface area contributed by atoms with Crippen LogP contribution in [0.5, 0.6) is 0 Å². The van der Waals surface area contributed by atoms with Gasteiger partial charge in [0.25, 0.3) is 0 Å². The van der Waals surface area contributed by atoms with Crippen LogP contribution in [0.4, 0.5) is 0 Å². The number of carbonyl (C=O) groups excluding carboxylic acids is 3. The predicted molar refractivity (Wildman–Crippen MR) is 193 cm³/mol. The highest BCUT2D eigenvalue weighted by molar-refractivity contribution is 5.72. The van der Waals surface area contributed by atoms with Gasteiger partial charge in [-0.2, -0.15) is 0 Å². The third-order valence-electron chi connectivity index (χ3n) is 9.03. The van der Waals surface area contributed by atoms with E-state index in [4.69, 9.17) is 9.47 Å². The molecule has 272 valence electrons. The van der Waals surface area contributed by atoms with Crippen LogP contribution in [-0.4, -0.2) is 73.6 Å². The molecular formula is C39H76N2O5. The second-order valence-electron chi connectivity index (χ2n) is 13.6. The van der Waals surface area contributed by atoms with Crippen molar-refractivity contribution in [3.63, 3.8) is 0 Å². The van der Waals surface area contributed by atoms with Crippen LogP contribution < -0.4 is 0 Å². The van der Waals surface area contributed by atoms with Gasteiger partial charge in [0, 0.05) is 33.4 Å². The number of hydrogen-bond donors (Lipinski definition) is 0. The number of rotatable bonds is 34. The Morgan fingerprint density at radius 2 is 1.00 bits per heavy atom. The van der Waals surface area contributed by atoms with Gasteiger partial charge >= 0.3 is 11.9 Å². The molecule has 0 aliphatic rings. The van der Waals surface area contributed by atoms with Crippen molar-refractivity contribution in [2.24, 2.45) is 0 Å². The molecule has 1 amide bonds. The zero-order valence-corrected chi connectivity index (χ0v) is 31.2. The van der Waals surface area contributed by atoms with Crippen LogP contribution in [0.2, 0.25) is 0 Å². The highest BCUT2D eigenvalue weighted by Crippen LogP contribution is 2.16. The first-order valence-electron chi connectivity index (χ1n) is 19.6. The van der Waals surface area contributed by atoms with Gasteiger partial charge in [-0.3, -0.25) is 14.4 Å². The Bertz CT molecular complexity index is 716. The fourth-order valence-corrected chi connectivity index (χ4v) is 5.82. The summed E-state index contributed by atoms with van der Waals surface area (Å²) in [7, 11) is 1.88. The molecule has 0 saturated carbocycles. The van der Waals surface area contributed by atoms with Gasteiger partial charge < -0.3 is 19.3 Å². The zero-order valence-electron chi connectivity index (χ0n) is 31.2. The second-order valence-corrected chi connectivity index (χ2v) is 13.6. The van der Waals surface area contributed by atoms with Crippen molar-refractivity contribution in [3.05, 3.63) is 0 Å². The van der Waals surface area contributed by atoms with Gasteiger partial charge in [0.05, 0.1) is 6.61 Å². The lowest BCUT2D eigenvalue weighted by molar-refractivity contribution is -0.150. The van der Waals surface area contributed by atoms with E-state index in [0.717, 1.165) is 116 Å². The molecule has 0 aliphatic carbocycles. The van der Waals surface area contributed by atoms with Crippen molar-refractivity contribution in [3.8, 4) is 0 Å². The van der Waals surface area contributed by atoms with Gasteiger partial charge in [0.15, 0.2) is 0 Å². The van der Waals surface area contributed by atoms with E-state index in [2.05, 4.69) is 25.7 Å². The molecule has 0 heterocycles. The van der Waals surface area contributed by atoms with E-state index in [-0.39, 0.29) is 23.9 Å². The molecule has 7 heteroatoms. The van der Waals surface area contributed by atoms with Crippen molar-refractivity contribution in [1.29, 1.82) is 0 Å². The first-order chi connectivity index (χ1) is 22.3. The van der Waals surface area contributed by atoms with E-state index in [1.807, 2.05) is 7.05 Å². The van der Waals surface area contributed by atoms with E-state index in [1.165, 1.54) is 57.8 Å². The molecule has 1 atom stereocenters. The molecule has 1 unspecified atom stereocenters. The first-order valence-corrected chi connectivity index (χ1v) is 19.6. The summed E-state index contributed by atoms with van der Waals surface area (Å²) in [6.07, 6.45) is 27.0. The van der Waals surface area contributed by atoms with Gasteiger partial charge in [-0.1, -0.05) is 111 Å². The van der Waals surface area contributed by atoms with E-state index in [9.17, 15) is 14.4 Å². The number of carbonyl (C=O) groups is 3. The lowest BCUT2D eigenvalue weighted by Crippen LogP contribution is -2.31. The number of esters is 2. The molecule has 46 heavy (non-hydrogen) atoms. The minimum atomic E-state index is -0.0361. The second kappa shape index (κ2) is 33.3. The van der Waals surface area contributed by atoms with E-state index in [0.29, 0.717) is 19.4 Å². The maximum Gasteiger partial charge on any atom is 0.306 e. The van der Waals surface area contributed by atoms with Crippen LogP contribution in [0.15, 0.2) is 0 Å². The van der Waals surface area contributed by atoms with Crippen molar-refractivity contribution in [2.75, 3.05) is 39.8 Å². The Kier molecular flexibility index (Phi) is 32.1. The minimum Gasteiger partial charge on any atom is -0.466 e. The van der Waals surface area contributed by atoms with E-state index in [1.54, 1.807) is 11.8 Å². The average Bonchev–Trinajstić information content (AvgIpc) is 3.03. The molecule has 0 spiro atoms. The van der Waals surface area contributed by atoms with Crippen molar-refractivity contribution < 1.29 is 23.9 Å². The smallest absolute Gasteiger partial charge is 0.306 e. The fraction of sp³-hybridized carbons (Fsp3) is 0.923. The molecule has 7 nitrogen and oxygen atoms in total. The highest BCUT2D eigenvalue weighted by Gasteiger charge is 2.14. The summed E-state index contributed by atoms with van der Waals surface area (Å²) in [5.41, 5.74) is 0. The fourth-order valence-electron chi connectivity index (χ4n) is 5.82. The summed E-state index contributed by atoms with van der Waals surface area (Å²) in [6.45, 7) is 12.8. The molecule has 0 radical (unpaired) electrons. The lowest BCUT2D eigenvalue weighted by Gasteiger charge is -2.24. The third kappa shape index (κ3) is 29.8. The Morgan fingerprint density at radius 1 is 0.522 bits per heavy atom. The van der Waals surface area contributed by atoms with Crippen LogP contribution in [0.25, 0.3) is 0 Å². The van der Waals surface area contributed by atoms with E-state index >= 15 is 0 Å². The summed E-state index contributed by atoms with van der Waals surface area (Å²) in [6, 6.07) is 0. The summed E-state index contributed by atoms with van der Waals surface area (Å²) in [4.78, 5) is 40.4. The minimum absolute atomic E-state index is 0.00703. The number of unbranched alkanes of at least 4 members (excludes halogenated alkanes) is 15. The normalized spacial score (nSPS) is 12.0. The highest BCUT2D eigenvalue weighted by atomic mass is 16.5. The predicted octanol–water partition coefficient (Wildman–Crippen LogP) is 10.0. The molecule has 0 fully saturated rings. The third-order valence-corrected chi connectivity index (χ3v) is 9.03. The molecule has 0 aromatic rings. The van der Waals surface area contributed by atoms with Gasteiger partial charge in [0.1, 0.15) is 6.10 Å². The SMILES string of the molecule is CCCCCCCOC(=O)CCCCCCCN(CCCCCCCC(=O)OC(CCCC)CCCCC)CCCN(C)C(C)=O. The average molecular weight is 653 g/mol. The Morgan fingerprint density at radius 3 is 1.61 bits per heavy atom. The Hall–Kier alpha value is -1.63. The van der Waals surface area contributed by atoms with Gasteiger partial charge in [0.2, 0.25) is 5.91 Å². The van der Waals surface area contributed by atoms with Crippen LogP contribution in [0.1, 0.15) is 188 Å². The molecule has 0 aromatic heterocycles. The Balaban J connectivity index is 4.18. The van der Waals surface area contributed by atoms with Crippen LogP contribution in [0.3, 0.4) is 0 Å². The van der Waals surface area contributed by atoms with Gasteiger partial charge in [-0.05, 0) is 77.4 Å². The quantitative estimate of drug-likeness (QED) is 0.0509. The molecule has 0 rings (SSSR count). The monoisotopic (exact) mass is 653 g/mol. The van der Waals surface area contributed by atoms with Crippen LogP contribution in [-0.2, 0) is 23.9 Å². The molecule has 0 aliphatic heterocycles. The number of nitrogens with zero attached hydrogens (tertiary/aromatic N) is 2. The molecule has 0 aromatic carbocycles. The van der Waals surface area contributed by atoms with Crippen molar-refractivity contribution in [2.45, 2.75) is 194 Å². The summed E-state index contributed by atoms with van der Waals surface area (Å²) < 4.78 is 11.2. The maximum absolute atomic E-state index is 12.4. The standard InChI is InChI=1S/C39H76N2O5/c1-6-9-12-19-25-35-45-38(43)29-21-15-13-17-23-32-41(34-26-31-40(5)36(4)42)33-24-18-14-16-22-30-39(44)46-37(27-11-8-3)28-20-10-7-2/h37H,6-35H2,1-5H3. The van der Waals surface area contributed by atoms with Gasteiger partial charge in [-0.15, -0.1) is 0 Å². The molecular weight excluding hydrogens is 576 g/mol. The maximum atomic E-state index is 12.4. The van der Waals surface area contributed by atoms with Crippen LogP contribution >= 0.6 is 0 Å². The Labute approximate surface area is 285 Å². The van der Waals surface area contributed by atoms with Crippen molar-refractivity contribution in [1.82, 2.24) is 9.80 Å². The summed E-state index contributed by atoms with van der Waals surface area (Å²) in [5, 5.41) is 0. The number of amides is 1. The summed E-state index contributed by atoms with van der Waals surface area (Å²) >= 11 is 0. The summed E-state index contributed by atoms with van der Waals surface area (Å²) in [5.74, 6) is 0.0812. The van der Waals surface area contributed by atoms with Crippen molar-refractivity contribution >= 4 is 17.8 Å². The molecule has 0 saturated heterocycles. The van der Waals surface area contributed by atoms with Crippen LogP contribution in [0, 0.1) is 0 Å². The largest absolute Gasteiger partial charge is 0.466 e. The molecule has 0 bridgehead atoms. The first kappa shape index (κ1) is 44.4. The topological polar surface area (TPSA) is 76.2 Å². The lowest BCUT2D eigenvalue weighted by atomic mass is 10.1. The molecule has 0 N–H and O–H groups in total. The number of ether oxygens (including phenoxy) is 2. The zero-order chi connectivity index (χ0) is 34.1.